The average Bonchev–Trinajstić information content (AvgIpc) is 3.51. The Morgan fingerprint density at radius 2 is 2.03 bits per heavy atom. The van der Waals surface area contributed by atoms with Crippen molar-refractivity contribution in [1.29, 1.82) is 0 Å². The molecule has 1 N–H and O–H groups in total. The number of nitrogens with zero attached hydrogens (tertiary/aromatic N) is 4. The van der Waals surface area contributed by atoms with Crippen molar-refractivity contribution in [3.05, 3.63) is 52.2 Å². The summed E-state index contributed by atoms with van der Waals surface area (Å²) in [6.07, 6.45) is 1.80. The van der Waals surface area contributed by atoms with Gasteiger partial charge in [-0.1, -0.05) is 29.4 Å². The fourth-order valence-corrected chi connectivity index (χ4v) is 8.15. The van der Waals surface area contributed by atoms with E-state index in [2.05, 4.69) is 15.4 Å². The third-order valence-electron chi connectivity index (χ3n) is 5.47. The molecule has 1 amide bonds. The molecule has 0 aliphatic carbocycles. The van der Waals surface area contributed by atoms with E-state index >= 15 is 0 Å². The molecule has 4 heterocycles. The molecule has 0 spiro atoms. The minimum atomic E-state index is -3.87. The summed E-state index contributed by atoms with van der Waals surface area (Å²) in [6.45, 7) is 2.02. The maximum Gasteiger partial charge on any atom is 0.253 e. The van der Waals surface area contributed by atoms with Crippen molar-refractivity contribution in [2.75, 3.05) is 11.9 Å². The van der Waals surface area contributed by atoms with Gasteiger partial charge in [-0.05, 0) is 50.1 Å². The normalized spacial score (nSPS) is 17.3. The van der Waals surface area contributed by atoms with Crippen LogP contribution in [0.1, 0.15) is 25.0 Å². The maximum absolute atomic E-state index is 13.6. The number of rotatable bonds is 5. The van der Waals surface area contributed by atoms with Gasteiger partial charge in [0.1, 0.15) is 21.9 Å². The number of benzene rings is 1. The summed E-state index contributed by atoms with van der Waals surface area (Å²) in [5.74, 6) is -0.443. The maximum atomic E-state index is 13.6. The zero-order valence-electron chi connectivity index (χ0n) is 17.9. The number of anilines is 1. The number of aromatic nitrogens is 3. The first-order valence-electron chi connectivity index (χ1n) is 10.4. The molecule has 0 bridgehead atoms. The SMILES string of the molecule is Cc1cc(NC(=O)C2CCCCN2S(=O)(=O)c2ccc(Cl)s2)n(-c2nc3ccc(F)cc3s2)n1. The monoisotopic (exact) mass is 539 g/mol. The van der Waals surface area contributed by atoms with E-state index in [0.717, 1.165) is 17.8 Å². The van der Waals surface area contributed by atoms with Gasteiger partial charge in [-0.25, -0.2) is 17.8 Å². The molecule has 1 aliphatic heterocycles. The lowest BCUT2D eigenvalue weighted by molar-refractivity contribution is -0.120. The topological polar surface area (TPSA) is 97.2 Å². The number of thiazole rings is 1. The molecule has 1 fully saturated rings. The number of fused-ring (bicyclic) bond motifs is 1. The molecule has 1 aliphatic rings. The first-order chi connectivity index (χ1) is 16.2. The lowest BCUT2D eigenvalue weighted by atomic mass is 10.0. The van der Waals surface area contributed by atoms with E-state index in [1.807, 2.05) is 0 Å². The van der Waals surface area contributed by atoms with E-state index in [-0.39, 0.29) is 16.6 Å². The van der Waals surface area contributed by atoms with Crippen LogP contribution in [0, 0.1) is 12.7 Å². The van der Waals surface area contributed by atoms with Gasteiger partial charge < -0.3 is 5.32 Å². The Kier molecular flexibility index (Phi) is 6.19. The Bertz CT molecular complexity index is 1500. The third kappa shape index (κ3) is 4.36. The highest BCUT2D eigenvalue weighted by molar-refractivity contribution is 7.91. The number of carbonyl (C=O) groups is 1. The summed E-state index contributed by atoms with van der Waals surface area (Å²) in [5, 5.41) is 7.73. The van der Waals surface area contributed by atoms with Gasteiger partial charge in [0.05, 0.1) is 20.2 Å². The first kappa shape index (κ1) is 23.4. The van der Waals surface area contributed by atoms with Crippen molar-refractivity contribution in [1.82, 2.24) is 19.1 Å². The van der Waals surface area contributed by atoms with Crippen molar-refractivity contribution in [2.24, 2.45) is 0 Å². The molecule has 0 radical (unpaired) electrons. The van der Waals surface area contributed by atoms with Crippen molar-refractivity contribution < 1.29 is 17.6 Å². The molecule has 1 unspecified atom stereocenters. The molecular weight excluding hydrogens is 521 g/mol. The summed E-state index contributed by atoms with van der Waals surface area (Å²) >= 11 is 8.16. The molecule has 1 saturated heterocycles. The van der Waals surface area contributed by atoms with Crippen LogP contribution < -0.4 is 5.32 Å². The molecule has 0 saturated carbocycles. The van der Waals surface area contributed by atoms with Crippen LogP contribution in [0.3, 0.4) is 0 Å². The number of nitrogens with one attached hydrogen (secondary N) is 1. The largest absolute Gasteiger partial charge is 0.309 e. The van der Waals surface area contributed by atoms with Crippen molar-refractivity contribution in [2.45, 2.75) is 36.4 Å². The highest BCUT2D eigenvalue weighted by Crippen LogP contribution is 2.33. The molecule has 34 heavy (non-hydrogen) atoms. The Balaban J connectivity index is 1.44. The number of thiophene rings is 1. The number of sulfonamides is 1. The van der Waals surface area contributed by atoms with Gasteiger partial charge in [-0.3, -0.25) is 4.79 Å². The molecule has 5 rings (SSSR count). The standard InChI is InChI=1S/C21H19ClFN5O3S3/c1-12-10-18(28(26-12)21-24-14-6-5-13(23)11-16(14)32-21)25-20(29)15-4-2-3-9-27(15)34(30,31)19-8-7-17(22)33-19/h5-8,10-11,15H,2-4,9H2,1H3,(H,25,29). The fraction of sp³-hybridized carbons (Fsp3) is 0.286. The average molecular weight is 540 g/mol. The third-order valence-corrected chi connectivity index (χ3v) is 10.1. The summed E-state index contributed by atoms with van der Waals surface area (Å²) < 4.78 is 43.9. The zero-order chi connectivity index (χ0) is 24.0. The van der Waals surface area contributed by atoms with Crippen LogP contribution in [0.2, 0.25) is 4.34 Å². The van der Waals surface area contributed by atoms with Crippen molar-refractivity contribution >= 4 is 66.2 Å². The number of halogens is 2. The Morgan fingerprint density at radius 1 is 1.21 bits per heavy atom. The summed E-state index contributed by atoms with van der Waals surface area (Å²) in [7, 11) is -3.87. The predicted octanol–water partition coefficient (Wildman–Crippen LogP) is 4.83. The van der Waals surface area contributed by atoms with Crippen LogP contribution in [0.15, 0.2) is 40.6 Å². The van der Waals surface area contributed by atoms with E-state index < -0.39 is 22.0 Å². The number of amides is 1. The van der Waals surface area contributed by atoms with Crippen LogP contribution in [0.25, 0.3) is 15.3 Å². The van der Waals surface area contributed by atoms with Crippen LogP contribution in [0.5, 0.6) is 0 Å². The predicted molar refractivity (Wildman–Crippen MR) is 131 cm³/mol. The van der Waals surface area contributed by atoms with Gasteiger partial charge in [0.15, 0.2) is 0 Å². The Morgan fingerprint density at radius 3 is 2.79 bits per heavy atom. The molecule has 3 aromatic heterocycles. The van der Waals surface area contributed by atoms with Gasteiger partial charge in [-0.15, -0.1) is 11.3 Å². The van der Waals surface area contributed by atoms with Gasteiger partial charge in [0.2, 0.25) is 11.0 Å². The van der Waals surface area contributed by atoms with Gasteiger partial charge in [0, 0.05) is 12.6 Å². The van der Waals surface area contributed by atoms with Gasteiger partial charge in [0.25, 0.3) is 10.0 Å². The first-order valence-corrected chi connectivity index (χ1v) is 13.9. The van der Waals surface area contributed by atoms with Crippen LogP contribution in [-0.2, 0) is 14.8 Å². The van der Waals surface area contributed by atoms with Crippen LogP contribution >= 0.6 is 34.3 Å². The molecule has 1 aromatic carbocycles. The van der Waals surface area contributed by atoms with Crippen LogP contribution in [0.4, 0.5) is 10.2 Å². The van der Waals surface area contributed by atoms with Crippen LogP contribution in [-0.4, -0.2) is 46.0 Å². The molecule has 13 heteroatoms. The molecule has 8 nitrogen and oxygen atoms in total. The summed E-state index contributed by atoms with van der Waals surface area (Å²) in [5.41, 5.74) is 1.26. The summed E-state index contributed by atoms with van der Waals surface area (Å²) in [4.78, 5) is 17.8. The smallest absolute Gasteiger partial charge is 0.253 e. The lowest BCUT2D eigenvalue weighted by Gasteiger charge is -2.33. The number of carbonyl (C=O) groups excluding carboxylic acids is 1. The summed E-state index contributed by atoms with van der Waals surface area (Å²) in [6, 6.07) is 8.12. The van der Waals surface area contributed by atoms with Crippen molar-refractivity contribution in [3.63, 3.8) is 0 Å². The second kappa shape index (κ2) is 9.00. The second-order valence-corrected chi connectivity index (χ2v) is 12.7. The van der Waals surface area contributed by atoms with E-state index in [1.165, 1.54) is 44.6 Å². The molecular formula is C21H19ClFN5O3S3. The second-order valence-electron chi connectivity index (χ2n) is 7.87. The number of hydrogen-bond donors (Lipinski definition) is 1. The van der Waals surface area contributed by atoms with E-state index in [9.17, 15) is 17.6 Å². The number of aryl methyl sites for hydroxylation is 1. The fourth-order valence-electron chi connectivity index (χ4n) is 3.93. The van der Waals surface area contributed by atoms with E-state index in [4.69, 9.17) is 11.6 Å². The number of piperidine rings is 1. The van der Waals surface area contributed by atoms with E-state index in [1.54, 1.807) is 19.1 Å². The zero-order valence-corrected chi connectivity index (χ0v) is 21.1. The van der Waals surface area contributed by atoms with E-state index in [0.29, 0.717) is 44.0 Å². The Labute approximate surface area is 208 Å². The Hall–Kier alpha value is -2.38. The minimum Gasteiger partial charge on any atom is -0.309 e. The lowest BCUT2D eigenvalue weighted by Crippen LogP contribution is -2.49. The quantitative estimate of drug-likeness (QED) is 0.392. The highest BCUT2D eigenvalue weighted by atomic mass is 35.5. The molecule has 1 atom stereocenters. The van der Waals surface area contributed by atoms with Gasteiger partial charge in [-0.2, -0.15) is 14.1 Å². The minimum absolute atomic E-state index is 0.111. The van der Waals surface area contributed by atoms with Gasteiger partial charge >= 0.3 is 0 Å². The number of hydrogen-bond acceptors (Lipinski definition) is 7. The molecule has 178 valence electrons. The van der Waals surface area contributed by atoms with Crippen molar-refractivity contribution in [3.8, 4) is 5.13 Å². The highest BCUT2D eigenvalue weighted by Gasteiger charge is 2.38. The molecule has 4 aromatic rings.